The van der Waals surface area contributed by atoms with Gasteiger partial charge in [0, 0.05) is 36.1 Å². The summed E-state index contributed by atoms with van der Waals surface area (Å²) in [6.45, 7) is 3.82. The van der Waals surface area contributed by atoms with E-state index >= 15 is 0 Å². The number of anilines is 1. The summed E-state index contributed by atoms with van der Waals surface area (Å²) < 4.78 is 4.49. The van der Waals surface area contributed by atoms with Gasteiger partial charge >= 0.3 is 0 Å². The van der Waals surface area contributed by atoms with Crippen LogP contribution in [0.2, 0.25) is 5.02 Å². The van der Waals surface area contributed by atoms with E-state index in [-0.39, 0.29) is 11.9 Å². The molecule has 7 heteroatoms. The SMILES string of the molecule is CCCCCCNC(=O)[C@@H]1CCCN1c1nc(Cc2ccc(Cl)cc2)ns1. The highest BCUT2D eigenvalue weighted by molar-refractivity contribution is 7.09. The van der Waals surface area contributed by atoms with Gasteiger partial charge in [0.2, 0.25) is 11.0 Å². The molecular weight excluding hydrogens is 380 g/mol. The lowest BCUT2D eigenvalue weighted by Crippen LogP contribution is -2.43. The Hall–Kier alpha value is -1.66. The standard InChI is InChI=1S/C20H27ClN4OS/c1-2-3-4-5-12-22-19(26)17-7-6-13-25(17)20-23-18(24-27-20)14-15-8-10-16(21)11-9-15/h8-11,17H,2-7,12-14H2,1H3,(H,22,26)/t17-/m0/s1. The molecule has 1 fully saturated rings. The van der Waals surface area contributed by atoms with E-state index in [1.54, 1.807) is 0 Å². The molecule has 0 radical (unpaired) electrons. The molecule has 0 unspecified atom stereocenters. The fraction of sp³-hybridized carbons (Fsp3) is 0.550. The van der Waals surface area contributed by atoms with Gasteiger partial charge in [0.15, 0.2) is 0 Å². The predicted molar refractivity (Wildman–Crippen MR) is 112 cm³/mol. The highest BCUT2D eigenvalue weighted by Crippen LogP contribution is 2.28. The van der Waals surface area contributed by atoms with E-state index in [2.05, 4.69) is 26.5 Å². The topological polar surface area (TPSA) is 58.1 Å². The van der Waals surface area contributed by atoms with Crippen LogP contribution in [-0.2, 0) is 11.2 Å². The minimum absolute atomic E-state index is 0.118. The number of hydrogen-bond donors (Lipinski definition) is 1. The van der Waals surface area contributed by atoms with Gasteiger partial charge in [0.05, 0.1) is 0 Å². The molecule has 1 aromatic carbocycles. The predicted octanol–water partition coefficient (Wildman–Crippen LogP) is 4.45. The van der Waals surface area contributed by atoms with Gasteiger partial charge < -0.3 is 10.2 Å². The van der Waals surface area contributed by atoms with Gasteiger partial charge in [-0.15, -0.1) is 0 Å². The number of unbranched alkanes of at least 4 members (excludes halogenated alkanes) is 3. The van der Waals surface area contributed by atoms with E-state index < -0.39 is 0 Å². The second-order valence-electron chi connectivity index (χ2n) is 7.00. The van der Waals surface area contributed by atoms with Crippen LogP contribution in [0.1, 0.15) is 56.8 Å². The van der Waals surface area contributed by atoms with E-state index in [9.17, 15) is 4.79 Å². The van der Waals surface area contributed by atoms with Crippen molar-refractivity contribution in [2.24, 2.45) is 0 Å². The zero-order chi connectivity index (χ0) is 19.1. The van der Waals surface area contributed by atoms with Crippen LogP contribution in [0, 0.1) is 0 Å². The van der Waals surface area contributed by atoms with E-state index in [1.165, 1.54) is 30.8 Å². The summed E-state index contributed by atoms with van der Waals surface area (Å²) >= 11 is 7.32. The third kappa shape index (κ3) is 5.66. The van der Waals surface area contributed by atoms with Crippen molar-refractivity contribution in [1.29, 1.82) is 0 Å². The lowest BCUT2D eigenvalue weighted by Gasteiger charge is -2.22. The number of amides is 1. The Bertz CT molecular complexity index is 734. The van der Waals surface area contributed by atoms with Crippen molar-refractivity contribution < 1.29 is 4.79 Å². The molecule has 1 N–H and O–H groups in total. The Kier molecular flexibility index (Phi) is 7.47. The molecular formula is C20H27ClN4OS. The maximum Gasteiger partial charge on any atom is 0.242 e. The quantitative estimate of drug-likeness (QED) is 0.625. The molecule has 146 valence electrons. The molecule has 3 rings (SSSR count). The summed E-state index contributed by atoms with van der Waals surface area (Å²) in [4.78, 5) is 19.4. The van der Waals surface area contributed by atoms with Crippen LogP contribution in [0.5, 0.6) is 0 Å². The van der Waals surface area contributed by atoms with Crippen LogP contribution in [0.3, 0.4) is 0 Å². The Morgan fingerprint density at radius 3 is 2.89 bits per heavy atom. The summed E-state index contributed by atoms with van der Waals surface area (Å²) in [5.41, 5.74) is 1.13. The fourth-order valence-electron chi connectivity index (χ4n) is 3.37. The summed E-state index contributed by atoms with van der Waals surface area (Å²) in [6.07, 6.45) is 7.24. The summed E-state index contributed by atoms with van der Waals surface area (Å²) in [5.74, 6) is 0.918. The summed E-state index contributed by atoms with van der Waals surface area (Å²) in [7, 11) is 0. The first-order valence-electron chi connectivity index (χ1n) is 9.78. The van der Waals surface area contributed by atoms with Crippen LogP contribution in [0.25, 0.3) is 0 Å². The van der Waals surface area contributed by atoms with E-state index in [0.29, 0.717) is 6.42 Å². The highest BCUT2D eigenvalue weighted by Gasteiger charge is 2.32. The van der Waals surface area contributed by atoms with Crippen molar-refractivity contribution in [2.75, 3.05) is 18.0 Å². The first-order valence-corrected chi connectivity index (χ1v) is 10.9. The molecule has 0 bridgehead atoms. The van der Waals surface area contributed by atoms with Crippen molar-refractivity contribution in [3.63, 3.8) is 0 Å². The fourth-order valence-corrected chi connectivity index (χ4v) is 4.26. The van der Waals surface area contributed by atoms with Gasteiger partial charge in [0.25, 0.3) is 0 Å². The van der Waals surface area contributed by atoms with Gasteiger partial charge in [-0.2, -0.15) is 4.37 Å². The third-order valence-electron chi connectivity index (χ3n) is 4.86. The molecule has 2 aromatic rings. The molecule has 0 spiro atoms. The Morgan fingerprint density at radius 1 is 1.30 bits per heavy atom. The number of carbonyl (C=O) groups excluding carboxylic acids is 1. The van der Waals surface area contributed by atoms with Crippen molar-refractivity contribution in [3.8, 4) is 0 Å². The Labute approximate surface area is 170 Å². The normalized spacial score (nSPS) is 16.7. The zero-order valence-electron chi connectivity index (χ0n) is 15.8. The van der Waals surface area contributed by atoms with E-state index in [4.69, 9.17) is 11.6 Å². The maximum absolute atomic E-state index is 12.6. The van der Waals surface area contributed by atoms with E-state index in [1.807, 2.05) is 24.3 Å². The second kappa shape index (κ2) is 10.0. The highest BCUT2D eigenvalue weighted by atomic mass is 35.5. The summed E-state index contributed by atoms with van der Waals surface area (Å²) in [5, 5.41) is 4.68. The number of benzene rings is 1. The molecule has 0 aliphatic carbocycles. The number of aromatic nitrogens is 2. The van der Waals surface area contributed by atoms with Crippen LogP contribution in [0.4, 0.5) is 5.13 Å². The van der Waals surface area contributed by atoms with Crippen molar-refractivity contribution in [2.45, 2.75) is 57.9 Å². The first kappa shape index (κ1) is 20.1. The van der Waals surface area contributed by atoms with Gasteiger partial charge in [-0.1, -0.05) is 49.9 Å². The molecule has 1 aliphatic rings. The summed E-state index contributed by atoms with van der Waals surface area (Å²) in [6, 6.07) is 7.63. The molecule has 2 heterocycles. The van der Waals surface area contributed by atoms with Gasteiger partial charge in [-0.3, -0.25) is 4.79 Å². The van der Waals surface area contributed by atoms with Crippen molar-refractivity contribution in [3.05, 3.63) is 40.7 Å². The molecule has 1 atom stereocenters. The zero-order valence-corrected chi connectivity index (χ0v) is 17.4. The maximum atomic E-state index is 12.6. The largest absolute Gasteiger partial charge is 0.354 e. The average Bonchev–Trinajstić information content (AvgIpc) is 3.32. The van der Waals surface area contributed by atoms with E-state index in [0.717, 1.165) is 53.9 Å². The number of carbonyl (C=O) groups is 1. The van der Waals surface area contributed by atoms with Gasteiger partial charge in [-0.05, 0) is 37.0 Å². The lowest BCUT2D eigenvalue weighted by molar-refractivity contribution is -0.122. The number of nitrogens with one attached hydrogen (secondary N) is 1. The van der Waals surface area contributed by atoms with Crippen molar-refractivity contribution >= 4 is 34.2 Å². The smallest absolute Gasteiger partial charge is 0.242 e. The minimum Gasteiger partial charge on any atom is -0.354 e. The van der Waals surface area contributed by atoms with Gasteiger partial charge in [-0.25, -0.2) is 4.98 Å². The average molecular weight is 407 g/mol. The molecule has 1 saturated heterocycles. The Morgan fingerprint density at radius 2 is 2.11 bits per heavy atom. The monoisotopic (exact) mass is 406 g/mol. The number of rotatable bonds is 9. The first-order chi connectivity index (χ1) is 13.2. The Balaban J connectivity index is 1.56. The number of halogens is 1. The molecule has 1 aliphatic heterocycles. The van der Waals surface area contributed by atoms with Gasteiger partial charge in [0.1, 0.15) is 11.9 Å². The van der Waals surface area contributed by atoms with Crippen molar-refractivity contribution in [1.82, 2.24) is 14.7 Å². The lowest BCUT2D eigenvalue weighted by atomic mass is 10.1. The van der Waals surface area contributed by atoms with Crippen LogP contribution < -0.4 is 10.2 Å². The molecule has 1 amide bonds. The molecule has 0 saturated carbocycles. The van der Waals surface area contributed by atoms with Crippen LogP contribution >= 0.6 is 23.1 Å². The molecule has 27 heavy (non-hydrogen) atoms. The van der Waals surface area contributed by atoms with Crippen LogP contribution in [0.15, 0.2) is 24.3 Å². The molecule has 1 aromatic heterocycles. The molecule has 5 nitrogen and oxygen atoms in total. The number of hydrogen-bond acceptors (Lipinski definition) is 5. The number of nitrogens with zero attached hydrogens (tertiary/aromatic N) is 3. The second-order valence-corrected chi connectivity index (χ2v) is 8.17. The minimum atomic E-state index is -0.118. The van der Waals surface area contributed by atoms with Crippen LogP contribution in [-0.4, -0.2) is 34.4 Å². The third-order valence-corrected chi connectivity index (χ3v) is 5.91.